The Morgan fingerprint density at radius 3 is 1.80 bits per heavy atom. The van der Waals surface area contributed by atoms with Crippen molar-refractivity contribution in [2.45, 2.75) is 26.8 Å². The molecule has 0 aliphatic rings. The van der Waals surface area contributed by atoms with E-state index in [0.29, 0.717) is 29.2 Å². The quantitative estimate of drug-likeness (QED) is 0.268. The molecule has 0 radical (unpaired) electrons. The van der Waals surface area contributed by atoms with Crippen molar-refractivity contribution in [1.29, 1.82) is 0 Å². The van der Waals surface area contributed by atoms with Crippen LogP contribution in [0.1, 0.15) is 38.8 Å². The van der Waals surface area contributed by atoms with Gasteiger partial charge in [-0.05, 0) is 32.9 Å². The van der Waals surface area contributed by atoms with Gasteiger partial charge in [0, 0.05) is 11.1 Å². The summed E-state index contributed by atoms with van der Waals surface area (Å²) in [5, 5.41) is 8.39. The Bertz CT molecular complexity index is 997. The highest BCUT2D eigenvalue weighted by Gasteiger charge is 2.29. The molecule has 0 saturated heterocycles. The lowest BCUT2D eigenvalue weighted by molar-refractivity contribution is 0.0861. The van der Waals surface area contributed by atoms with Crippen LogP contribution in [0, 0.1) is 13.8 Å². The lowest BCUT2D eigenvalue weighted by atomic mass is 9.96. The lowest BCUT2D eigenvalue weighted by Crippen LogP contribution is -2.28. The summed E-state index contributed by atoms with van der Waals surface area (Å²) in [4.78, 5) is 26.3. The average molecular weight is 400 g/mol. The Hall–Kier alpha value is -3.60. The number of rotatable bonds is 8. The third-order valence-electron chi connectivity index (χ3n) is 4.61. The molecular weight excluding hydrogens is 376 g/mol. The zero-order valence-electron chi connectivity index (χ0n) is 17.3. The van der Waals surface area contributed by atoms with Crippen molar-refractivity contribution < 1.29 is 14.3 Å². The zero-order chi connectivity index (χ0) is 21.5. The minimum absolute atomic E-state index is 0.391. The van der Waals surface area contributed by atoms with Crippen LogP contribution < -0.4 is 4.74 Å². The predicted molar refractivity (Wildman–Crippen MR) is 117 cm³/mol. The van der Waals surface area contributed by atoms with Crippen LogP contribution in [0.2, 0.25) is 0 Å². The van der Waals surface area contributed by atoms with Crippen molar-refractivity contribution in [3.05, 3.63) is 95.1 Å². The second-order valence-corrected chi connectivity index (χ2v) is 6.98. The summed E-state index contributed by atoms with van der Waals surface area (Å²) in [7, 11) is 0. The van der Waals surface area contributed by atoms with E-state index in [4.69, 9.17) is 4.74 Å². The molecular formula is C25H24N2O3. The summed E-state index contributed by atoms with van der Waals surface area (Å²) < 4.78 is 5.56. The van der Waals surface area contributed by atoms with Gasteiger partial charge < -0.3 is 4.74 Å². The van der Waals surface area contributed by atoms with Crippen LogP contribution in [-0.2, 0) is 0 Å². The predicted octanol–water partition coefficient (Wildman–Crippen LogP) is 5.92. The van der Waals surface area contributed by atoms with Gasteiger partial charge in [-0.2, -0.15) is 10.2 Å². The fourth-order valence-corrected chi connectivity index (χ4v) is 2.91. The lowest BCUT2D eigenvalue weighted by Gasteiger charge is -2.11. The highest BCUT2D eigenvalue weighted by molar-refractivity contribution is 6.19. The number of Topliss-reactive ketones (excluding diaryl/α,β-unsaturated/α-hetero) is 2. The fourth-order valence-electron chi connectivity index (χ4n) is 2.91. The summed E-state index contributed by atoms with van der Waals surface area (Å²) >= 11 is 0. The van der Waals surface area contributed by atoms with E-state index in [0.717, 1.165) is 11.1 Å². The minimum atomic E-state index is -1.27. The maximum absolute atomic E-state index is 13.2. The highest BCUT2D eigenvalue weighted by Crippen LogP contribution is 2.28. The first-order chi connectivity index (χ1) is 14.5. The number of carbonyl (C=O) groups is 2. The standard InChI is InChI=1S/C25H24N2O3/c1-4-30-22-8-6-5-7-21(22)26-27-23(24(28)19-13-9-17(2)10-14-19)25(29)20-15-11-18(3)12-16-20/h5-16,23H,4H2,1-3H3. The molecule has 0 unspecified atom stereocenters. The van der Waals surface area contributed by atoms with Crippen LogP contribution in [0.4, 0.5) is 5.69 Å². The van der Waals surface area contributed by atoms with E-state index in [2.05, 4.69) is 10.2 Å². The van der Waals surface area contributed by atoms with Gasteiger partial charge in [0.15, 0.2) is 17.6 Å². The minimum Gasteiger partial charge on any atom is -0.492 e. The molecule has 0 atom stereocenters. The van der Waals surface area contributed by atoms with E-state index in [1.807, 2.05) is 51.1 Å². The maximum Gasteiger partial charge on any atom is 0.197 e. The smallest absolute Gasteiger partial charge is 0.197 e. The first kappa shape index (κ1) is 21.1. The van der Waals surface area contributed by atoms with Crippen molar-refractivity contribution in [1.82, 2.24) is 0 Å². The van der Waals surface area contributed by atoms with Gasteiger partial charge >= 0.3 is 0 Å². The van der Waals surface area contributed by atoms with Crippen LogP contribution in [0.15, 0.2) is 83.0 Å². The number of hydrogen-bond donors (Lipinski definition) is 0. The summed E-state index contributed by atoms with van der Waals surface area (Å²) in [6.45, 7) is 6.22. The van der Waals surface area contributed by atoms with Gasteiger partial charge in [-0.1, -0.05) is 71.8 Å². The van der Waals surface area contributed by atoms with E-state index in [1.54, 1.807) is 42.5 Å². The Kier molecular flexibility index (Phi) is 6.86. The molecule has 0 aliphatic carbocycles. The fraction of sp³-hybridized carbons (Fsp3) is 0.200. The van der Waals surface area contributed by atoms with Crippen LogP contribution in [-0.4, -0.2) is 24.2 Å². The van der Waals surface area contributed by atoms with E-state index in [1.165, 1.54) is 0 Å². The zero-order valence-corrected chi connectivity index (χ0v) is 17.3. The molecule has 3 rings (SSSR count). The summed E-state index contributed by atoms with van der Waals surface area (Å²) in [6.07, 6.45) is 0. The molecule has 0 saturated carbocycles. The van der Waals surface area contributed by atoms with E-state index >= 15 is 0 Å². The molecule has 152 valence electrons. The molecule has 0 N–H and O–H groups in total. The number of nitrogens with zero attached hydrogens (tertiary/aromatic N) is 2. The number of benzene rings is 3. The number of para-hydroxylation sites is 1. The molecule has 0 amide bonds. The first-order valence-electron chi connectivity index (χ1n) is 9.84. The average Bonchev–Trinajstić information content (AvgIpc) is 2.76. The normalized spacial score (nSPS) is 11.1. The highest BCUT2D eigenvalue weighted by atomic mass is 16.5. The Labute approximate surface area is 176 Å². The molecule has 30 heavy (non-hydrogen) atoms. The van der Waals surface area contributed by atoms with Crippen molar-refractivity contribution in [2.24, 2.45) is 10.2 Å². The van der Waals surface area contributed by atoms with Crippen molar-refractivity contribution in [2.75, 3.05) is 6.61 Å². The molecule has 0 fully saturated rings. The number of aryl methyl sites for hydroxylation is 2. The van der Waals surface area contributed by atoms with Crippen LogP contribution in [0.3, 0.4) is 0 Å². The van der Waals surface area contributed by atoms with E-state index < -0.39 is 17.6 Å². The van der Waals surface area contributed by atoms with E-state index in [-0.39, 0.29) is 0 Å². The number of ether oxygens (including phenoxy) is 1. The monoisotopic (exact) mass is 400 g/mol. The SMILES string of the molecule is CCOc1ccccc1N=NC(C(=O)c1ccc(C)cc1)C(=O)c1ccc(C)cc1. The van der Waals surface area contributed by atoms with E-state index in [9.17, 15) is 9.59 Å². The summed E-state index contributed by atoms with van der Waals surface area (Å²) in [5.74, 6) is -0.232. The molecule has 0 aliphatic heterocycles. The number of carbonyl (C=O) groups excluding carboxylic acids is 2. The third kappa shape index (κ3) is 5.06. The molecule has 0 bridgehead atoms. The van der Waals surface area contributed by atoms with Gasteiger partial charge in [-0.15, -0.1) is 0 Å². The summed E-state index contributed by atoms with van der Waals surface area (Å²) in [6, 6.07) is 20.0. The van der Waals surface area contributed by atoms with Gasteiger partial charge in [0.05, 0.1) is 6.61 Å². The third-order valence-corrected chi connectivity index (χ3v) is 4.61. The Morgan fingerprint density at radius 2 is 1.30 bits per heavy atom. The Balaban J connectivity index is 1.98. The molecule has 0 spiro atoms. The number of ketones is 2. The molecule has 0 heterocycles. The molecule has 3 aromatic carbocycles. The molecule has 3 aromatic rings. The van der Waals surface area contributed by atoms with Gasteiger partial charge in [0.1, 0.15) is 11.4 Å². The molecule has 5 nitrogen and oxygen atoms in total. The van der Waals surface area contributed by atoms with Crippen molar-refractivity contribution >= 4 is 17.3 Å². The van der Waals surface area contributed by atoms with Crippen molar-refractivity contribution in [3.63, 3.8) is 0 Å². The van der Waals surface area contributed by atoms with Crippen LogP contribution >= 0.6 is 0 Å². The summed E-state index contributed by atoms with van der Waals surface area (Å²) in [5.41, 5.74) is 3.37. The van der Waals surface area contributed by atoms with Crippen LogP contribution in [0.5, 0.6) is 5.75 Å². The topological polar surface area (TPSA) is 68.1 Å². The van der Waals surface area contributed by atoms with Gasteiger partial charge in [-0.3, -0.25) is 9.59 Å². The molecule has 0 aromatic heterocycles. The molecule has 5 heteroatoms. The largest absolute Gasteiger partial charge is 0.492 e. The first-order valence-corrected chi connectivity index (χ1v) is 9.84. The second-order valence-electron chi connectivity index (χ2n) is 6.98. The number of azo groups is 1. The van der Waals surface area contributed by atoms with Crippen LogP contribution in [0.25, 0.3) is 0 Å². The number of hydrogen-bond acceptors (Lipinski definition) is 5. The Morgan fingerprint density at radius 1 is 0.800 bits per heavy atom. The van der Waals surface area contributed by atoms with Crippen molar-refractivity contribution in [3.8, 4) is 5.75 Å². The van der Waals surface area contributed by atoms with Gasteiger partial charge in [0.25, 0.3) is 0 Å². The second kappa shape index (κ2) is 9.74. The maximum atomic E-state index is 13.2. The van der Waals surface area contributed by atoms with Gasteiger partial charge in [-0.25, -0.2) is 0 Å². The van der Waals surface area contributed by atoms with Gasteiger partial charge in [0.2, 0.25) is 0 Å².